The lowest BCUT2D eigenvalue weighted by Crippen LogP contribution is -2.15. The Labute approximate surface area is 128 Å². The number of hydrogen-bond acceptors (Lipinski definition) is 5. The van der Waals surface area contributed by atoms with Crippen molar-refractivity contribution in [3.05, 3.63) is 48.6 Å². The summed E-state index contributed by atoms with van der Waals surface area (Å²) in [6.07, 6.45) is 5.49. The number of aromatic nitrogens is 2. The van der Waals surface area contributed by atoms with Gasteiger partial charge >= 0.3 is 0 Å². The molecule has 0 amide bonds. The first-order valence-electron chi connectivity index (χ1n) is 6.85. The first-order chi connectivity index (χ1) is 10.4. The van der Waals surface area contributed by atoms with Gasteiger partial charge in [-0.15, -0.1) is 0 Å². The molecule has 0 atom stereocenters. The molecule has 0 radical (unpaired) electrons. The molecule has 21 heavy (non-hydrogen) atoms. The van der Waals surface area contributed by atoms with Crippen LogP contribution in [-0.4, -0.2) is 28.5 Å². The van der Waals surface area contributed by atoms with Crippen molar-refractivity contribution in [2.45, 2.75) is 6.54 Å². The van der Waals surface area contributed by atoms with Gasteiger partial charge in [-0.2, -0.15) is 11.8 Å². The molecule has 0 spiro atoms. The first kappa shape index (κ1) is 14.1. The highest BCUT2D eigenvalue weighted by Crippen LogP contribution is 2.25. The normalized spacial score (nSPS) is 11.1. The Hall–Kier alpha value is -1.85. The zero-order valence-corrected chi connectivity index (χ0v) is 12.7. The van der Waals surface area contributed by atoms with Crippen molar-refractivity contribution in [1.29, 1.82) is 0 Å². The molecule has 0 aliphatic carbocycles. The summed E-state index contributed by atoms with van der Waals surface area (Å²) in [7, 11) is 0. The lowest BCUT2D eigenvalue weighted by molar-refractivity contribution is 0.499. The SMILES string of the molecule is CSCCNCc1ccc(-c2ccc3ncncc3c2)o1. The third-order valence-corrected chi connectivity index (χ3v) is 3.85. The highest BCUT2D eigenvalue weighted by atomic mass is 32.2. The molecule has 1 aromatic carbocycles. The third kappa shape index (κ3) is 3.43. The Morgan fingerprint density at radius 2 is 2.19 bits per heavy atom. The number of nitrogens with zero attached hydrogens (tertiary/aromatic N) is 2. The van der Waals surface area contributed by atoms with Crippen LogP contribution in [0.25, 0.3) is 22.2 Å². The van der Waals surface area contributed by atoms with Crippen LogP contribution >= 0.6 is 11.8 Å². The maximum atomic E-state index is 5.89. The van der Waals surface area contributed by atoms with Crippen LogP contribution < -0.4 is 5.32 Å². The van der Waals surface area contributed by atoms with Crippen molar-refractivity contribution in [2.75, 3.05) is 18.6 Å². The van der Waals surface area contributed by atoms with Gasteiger partial charge in [0.25, 0.3) is 0 Å². The maximum Gasteiger partial charge on any atom is 0.134 e. The Kier molecular flexibility index (Phi) is 4.52. The summed E-state index contributed by atoms with van der Waals surface area (Å²) in [5, 5.41) is 4.38. The molecule has 3 rings (SSSR count). The molecule has 1 N–H and O–H groups in total. The first-order valence-corrected chi connectivity index (χ1v) is 8.25. The summed E-state index contributed by atoms with van der Waals surface area (Å²) < 4.78 is 5.89. The molecule has 108 valence electrons. The quantitative estimate of drug-likeness (QED) is 0.707. The number of furan rings is 1. The van der Waals surface area contributed by atoms with Crippen LogP contribution in [0.15, 0.2) is 47.3 Å². The van der Waals surface area contributed by atoms with Gasteiger partial charge in [0.05, 0.1) is 12.1 Å². The molecule has 0 unspecified atom stereocenters. The van der Waals surface area contributed by atoms with Crippen LogP contribution in [0.2, 0.25) is 0 Å². The highest BCUT2D eigenvalue weighted by Gasteiger charge is 2.06. The number of nitrogens with one attached hydrogen (secondary N) is 1. The van der Waals surface area contributed by atoms with Crippen molar-refractivity contribution in [3.63, 3.8) is 0 Å². The van der Waals surface area contributed by atoms with E-state index in [-0.39, 0.29) is 0 Å². The minimum atomic E-state index is 0.761. The summed E-state index contributed by atoms with van der Waals surface area (Å²) in [5.74, 6) is 2.94. The standard InChI is InChI=1S/C16H17N3OS/c1-21-7-6-17-10-14-3-5-16(20-14)12-2-4-15-13(8-12)9-18-11-19-15/h2-5,8-9,11,17H,6-7,10H2,1H3. The molecular weight excluding hydrogens is 282 g/mol. The molecule has 0 aliphatic heterocycles. The average molecular weight is 299 g/mol. The second kappa shape index (κ2) is 6.74. The van der Waals surface area contributed by atoms with E-state index >= 15 is 0 Å². The van der Waals surface area contributed by atoms with Crippen molar-refractivity contribution < 1.29 is 4.42 Å². The van der Waals surface area contributed by atoms with Crippen molar-refractivity contribution in [3.8, 4) is 11.3 Å². The lowest BCUT2D eigenvalue weighted by Gasteiger charge is -2.02. The molecule has 3 aromatic rings. The van der Waals surface area contributed by atoms with Gasteiger partial charge in [0.2, 0.25) is 0 Å². The maximum absolute atomic E-state index is 5.89. The van der Waals surface area contributed by atoms with Gasteiger partial charge in [-0.05, 0) is 36.6 Å². The Morgan fingerprint density at radius 1 is 1.24 bits per heavy atom. The van der Waals surface area contributed by atoms with Crippen LogP contribution in [-0.2, 0) is 6.54 Å². The van der Waals surface area contributed by atoms with E-state index in [9.17, 15) is 0 Å². The molecule has 0 bridgehead atoms. The van der Waals surface area contributed by atoms with E-state index in [1.165, 1.54) is 0 Å². The number of benzene rings is 1. The minimum absolute atomic E-state index is 0.761. The molecule has 0 saturated carbocycles. The predicted molar refractivity (Wildman–Crippen MR) is 87.3 cm³/mol. The lowest BCUT2D eigenvalue weighted by atomic mass is 10.1. The molecule has 4 nitrogen and oxygen atoms in total. The Morgan fingerprint density at radius 3 is 3.10 bits per heavy atom. The summed E-state index contributed by atoms with van der Waals surface area (Å²) >= 11 is 1.83. The monoisotopic (exact) mass is 299 g/mol. The zero-order valence-electron chi connectivity index (χ0n) is 11.9. The smallest absolute Gasteiger partial charge is 0.134 e. The van der Waals surface area contributed by atoms with Gasteiger partial charge in [0.15, 0.2) is 0 Å². The van der Waals surface area contributed by atoms with E-state index in [4.69, 9.17) is 4.42 Å². The van der Waals surface area contributed by atoms with Gasteiger partial charge in [-0.3, -0.25) is 0 Å². The molecule has 2 heterocycles. The van der Waals surface area contributed by atoms with Crippen molar-refractivity contribution in [2.24, 2.45) is 0 Å². The van der Waals surface area contributed by atoms with Gasteiger partial charge in [0.1, 0.15) is 17.8 Å². The van der Waals surface area contributed by atoms with Crippen LogP contribution in [0.1, 0.15) is 5.76 Å². The third-order valence-electron chi connectivity index (χ3n) is 3.23. The fourth-order valence-corrected chi connectivity index (χ4v) is 2.50. The van der Waals surface area contributed by atoms with E-state index in [1.54, 1.807) is 6.33 Å². The molecule has 0 fully saturated rings. The summed E-state index contributed by atoms with van der Waals surface area (Å²) in [6.45, 7) is 1.75. The molecular formula is C16H17N3OS. The number of rotatable bonds is 6. The molecule has 2 aromatic heterocycles. The van der Waals surface area contributed by atoms with E-state index in [1.807, 2.05) is 42.2 Å². The molecule has 0 aliphatic rings. The van der Waals surface area contributed by atoms with E-state index < -0.39 is 0 Å². The van der Waals surface area contributed by atoms with Crippen molar-refractivity contribution >= 4 is 22.7 Å². The predicted octanol–water partition coefficient (Wildman–Crippen LogP) is 3.34. The molecule has 0 saturated heterocycles. The van der Waals surface area contributed by atoms with Crippen LogP contribution in [0.3, 0.4) is 0 Å². The van der Waals surface area contributed by atoms with Crippen LogP contribution in [0.4, 0.5) is 0 Å². The fourth-order valence-electron chi connectivity index (χ4n) is 2.15. The second-order valence-corrected chi connectivity index (χ2v) is 5.72. The topological polar surface area (TPSA) is 51.0 Å². The van der Waals surface area contributed by atoms with E-state index in [0.717, 1.165) is 46.8 Å². The van der Waals surface area contributed by atoms with Gasteiger partial charge < -0.3 is 9.73 Å². The number of fused-ring (bicyclic) bond motifs is 1. The largest absolute Gasteiger partial charge is 0.460 e. The summed E-state index contributed by atoms with van der Waals surface area (Å²) in [4.78, 5) is 8.28. The minimum Gasteiger partial charge on any atom is -0.460 e. The fraction of sp³-hybridized carbons (Fsp3) is 0.250. The summed E-state index contributed by atoms with van der Waals surface area (Å²) in [6, 6.07) is 10.1. The Bertz CT molecular complexity index is 726. The zero-order chi connectivity index (χ0) is 14.5. The van der Waals surface area contributed by atoms with Gasteiger partial charge in [-0.25, -0.2) is 9.97 Å². The Balaban J connectivity index is 1.75. The second-order valence-electron chi connectivity index (χ2n) is 4.73. The van der Waals surface area contributed by atoms with Gasteiger partial charge in [0, 0.05) is 29.4 Å². The average Bonchev–Trinajstić information content (AvgIpc) is 3.00. The van der Waals surface area contributed by atoms with Gasteiger partial charge in [-0.1, -0.05) is 0 Å². The number of hydrogen-bond donors (Lipinski definition) is 1. The van der Waals surface area contributed by atoms with Crippen LogP contribution in [0, 0.1) is 0 Å². The van der Waals surface area contributed by atoms with E-state index in [0.29, 0.717) is 0 Å². The van der Waals surface area contributed by atoms with Crippen molar-refractivity contribution in [1.82, 2.24) is 15.3 Å². The summed E-state index contributed by atoms with van der Waals surface area (Å²) in [5.41, 5.74) is 1.99. The van der Waals surface area contributed by atoms with E-state index in [2.05, 4.69) is 27.6 Å². The number of thioether (sulfide) groups is 1. The molecule has 5 heteroatoms. The van der Waals surface area contributed by atoms with Crippen LogP contribution in [0.5, 0.6) is 0 Å². The highest BCUT2D eigenvalue weighted by molar-refractivity contribution is 7.98.